The summed E-state index contributed by atoms with van der Waals surface area (Å²) in [7, 11) is 0. The van der Waals surface area contributed by atoms with Gasteiger partial charge in [0.15, 0.2) is 0 Å². The summed E-state index contributed by atoms with van der Waals surface area (Å²) < 4.78 is 0. The second kappa shape index (κ2) is 3.59. The van der Waals surface area contributed by atoms with Crippen molar-refractivity contribution in [1.82, 2.24) is 0 Å². The van der Waals surface area contributed by atoms with Crippen molar-refractivity contribution in [2.24, 2.45) is 15.8 Å². The van der Waals surface area contributed by atoms with Crippen LogP contribution in [0.2, 0.25) is 0 Å². The molecule has 0 spiro atoms. The molecule has 0 aromatic heterocycles. The van der Waals surface area contributed by atoms with Crippen LogP contribution in [0.25, 0.3) is 0 Å². The summed E-state index contributed by atoms with van der Waals surface area (Å²) in [6.45, 7) is 17.1. The molecule has 0 saturated heterocycles. The van der Waals surface area contributed by atoms with E-state index in [-0.39, 0.29) is 5.41 Å². The van der Waals surface area contributed by atoms with E-state index in [1.165, 1.54) is 0 Å². The standard InChI is InChI=1S/C11H23N/c1-10(2,3)8-9(12-7)11(4,5)6/h9H,7-8H2,1-6H3. The third kappa shape index (κ3) is 4.53. The van der Waals surface area contributed by atoms with Crippen molar-refractivity contribution in [3.8, 4) is 0 Å². The molecule has 0 aromatic rings. The van der Waals surface area contributed by atoms with E-state index in [4.69, 9.17) is 0 Å². The van der Waals surface area contributed by atoms with Crippen molar-refractivity contribution >= 4 is 6.72 Å². The van der Waals surface area contributed by atoms with Gasteiger partial charge in [-0.1, -0.05) is 41.5 Å². The monoisotopic (exact) mass is 169 g/mol. The number of aliphatic imine (C=N–C) groups is 1. The zero-order valence-electron chi connectivity index (χ0n) is 9.44. The summed E-state index contributed by atoms with van der Waals surface area (Å²) in [6.07, 6.45) is 1.11. The van der Waals surface area contributed by atoms with Gasteiger partial charge in [-0.25, -0.2) is 0 Å². The Labute approximate surface area is 77.3 Å². The Balaban J connectivity index is 4.30. The first kappa shape index (κ1) is 11.7. The highest BCUT2D eigenvalue weighted by molar-refractivity contribution is 5.24. The molecule has 72 valence electrons. The Bertz CT molecular complexity index is 145. The first-order valence-electron chi connectivity index (χ1n) is 4.62. The zero-order valence-corrected chi connectivity index (χ0v) is 9.44. The molecule has 0 radical (unpaired) electrons. The van der Waals surface area contributed by atoms with Crippen LogP contribution in [0, 0.1) is 10.8 Å². The lowest BCUT2D eigenvalue weighted by atomic mass is 9.77. The quantitative estimate of drug-likeness (QED) is 0.561. The summed E-state index contributed by atoms with van der Waals surface area (Å²) in [5, 5.41) is 0. The average Bonchev–Trinajstić information content (AvgIpc) is 1.78. The predicted octanol–water partition coefficient (Wildman–Crippen LogP) is 3.54. The normalized spacial score (nSPS) is 15.8. The first-order chi connectivity index (χ1) is 5.17. The Hall–Kier alpha value is -0.330. The van der Waals surface area contributed by atoms with Crippen LogP contribution in [-0.4, -0.2) is 12.8 Å². The van der Waals surface area contributed by atoms with Crippen LogP contribution >= 0.6 is 0 Å². The van der Waals surface area contributed by atoms with E-state index in [2.05, 4.69) is 53.3 Å². The lowest BCUT2D eigenvalue weighted by Crippen LogP contribution is -2.28. The van der Waals surface area contributed by atoms with Crippen LogP contribution in [0.5, 0.6) is 0 Å². The highest BCUT2D eigenvalue weighted by Gasteiger charge is 2.27. The molecule has 0 rings (SSSR count). The molecule has 1 unspecified atom stereocenters. The van der Waals surface area contributed by atoms with E-state index in [0.29, 0.717) is 11.5 Å². The van der Waals surface area contributed by atoms with Gasteiger partial charge in [0.05, 0.1) is 6.04 Å². The molecule has 0 fully saturated rings. The summed E-state index contributed by atoms with van der Waals surface area (Å²) in [6, 6.07) is 0.373. The average molecular weight is 169 g/mol. The smallest absolute Gasteiger partial charge is 0.0545 e. The number of rotatable bonds is 2. The molecule has 0 amide bonds. The van der Waals surface area contributed by atoms with Crippen molar-refractivity contribution in [2.45, 2.75) is 54.0 Å². The molecule has 12 heavy (non-hydrogen) atoms. The molecule has 0 aliphatic carbocycles. The topological polar surface area (TPSA) is 12.4 Å². The highest BCUT2D eigenvalue weighted by atomic mass is 14.8. The van der Waals surface area contributed by atoms with E-state index in [9.17, 15) is 0 Å². The minimum Gasteiger partial charge on any atom is -0.297 e. The first-order valence-corrected chi connectivity index (χ1v) is 4.62. The van der Waals surface area contributed by atoms with E-state index in [0.717, 1.165) is 6.42 Å². The molecule has 0 N–H and O–H groups in total. The van der Waals surface area contributed by atoms with Crippen LogP contribution < -0.4 is 0 Å². The molecule has 0 aliphatic heterocycles. The molecular formula is C11H23N. The minimum absolute atomic E-state index is 0.245. The van der Waals surface area contributed by atoms with Crippen molar-refractivity contribution in [3.05, 3.63) is 0 Å². The Morgan fingerprint density at radius 2 is 1.50 bits per heavy atom. The number of hydrogen-bond donors (Lipinski definition) is 0. The summed E-state index contributed by atoms with van der Waals surface area (Å²) in [5.74, 6) is 0. The molecular weight excluding hydrogens is 146 g/mol. The van der Waals surface area contributed by atoms with Crippen LogP contribution in [-0.2, 0) is 0 Å². The third-order valence-electron chi connectivity index (χ3n) is 2.03. The van der Waals surface area contributed by atoms with Crippen molar-refractivity contribution < 1.29 is 0 Å². The maximum absolute atomic E-state index is 4.19. The van der Waals surface area contributed by atoms with Gasteiger partial charge in [0.2, 0.25) is 0 Å². The number of hydrogen-bond acceptors (Lipinski definition) is 1. The van der Waals surface area contributed by atoms with Gasteiger partial charge >= 0.3 is 0 Å². The van der Waals surface area contributed by atoms with Crippen molar-refractivity contribution in [3.63, 3.8) is 0 Å². The molecule has 0 aromatic carbocycles. The van der Waals surface area contributed by atoms with Crippen molar-refractivity contribution in [2.75, 3.05) is 0 Å². The van der Waals surface area contributed by atoms with Crippen LogP contribution in [0.4, 0.5) is 0 Å². The van der Waals surface area contributed by atoms with E-state index >= 15 is 0 Å². The lowest BCUT2D eigenvalue weighted by molar-refractivity contribution is 0.234. The van der Waals surface area contributed by atoms with Gasteiger partial charge < -0.3 is 0 Å². The Morgan fingerprint density at radius 1 is 1.08 bits per heavy atom. The molecule has 0 heterocycles. The summed E-state index contributed by atoms with van der Waals surface area (Å²) in [5.41, 5.74) is 0.591. The van der Waals surface area contributed by atoms with Gasteiger partial charge in [-0.05, 0) is 24.0 Å². The second-order valence-corrected chi connectivity index (χ2v) is 5.83. The second-order valence-electron chi connectivity index (χ2n) is 5.83. The fraction of sp³-hybridized carbons (Fsp3) is 0.909. The van der Waals surface area contributed by atoms with Crippen LogP contribution in [0.3, 0.4) is 0 Å². The third-order valence-corrected chi connectivity index (χ3v) is 2.03. The maximum Gasteiger partial charge on any atom is 0.0545 e. The van der Waals surface area contributed by atoms with Gasteiger partial charge in [-0.15, -0.1) is 0 Å². The van der Waals surface area contributed by atoms with E-state index < -0.39 is 0 Å². The molecule has 0 saturated carbocycles. The lowest BCUT2D eigenvalue weighted by Gasteiger charge is -2.32. The van der Waals surface area contributed by atoms with Crippen LogP contribution in [0.15, 0.2) is 4.99 Å². The molecule has 0 bridgehead atoms. The minimum atomic E-state index is 0.245. The largest absolute Gasteiger partial charge is 0.297 e. The Morgan fingerprint density at radius 3 is 1.58 bits per heavy atom. The summed E-state index contributed by atoms with van der Waals surface area (Å²) in [4.78, 5) is 4.19. The van der Waals surface area contributed by atoms with E-state index in [1.807, 2.05) is 0 Å². The van der Waals surface area contributed by atoms with Gasteiger partial charge in [0.25, 0.3) is 0 Å². The molecule has 1 nitrogen and oxygen atoms in total. The molecule has 0 aliphatic rings. The van der Waals surface area contributed by atoms with Crippen molar-refractivity contribution in [1.29, 1.82) is 0 Å². The van der Waals surface area contributed by atoms with E-state index in [1.54, 1.807) is 0 Å². The van der Waals surface area contributed by atoms with Gasteiger partial charge in [-0.3, -0.25) is 4.99 Å². The van der Waals surface area contributed by atoms with Gasteiger partial charge in [0, 0.05) is 0 Å². The molecule has 1 atom stereocenters. The SMILES string of the molecule is C=NC(CC(C)(C)C)C(C)(C)C. The van der Waals surface area contributed by atoms with Crippen LogP contribution in [0.1, 0.15) is 48.0 Å². The van der Waals surface area contributed by atoms with Gasteiger partial charge in [-0.2, -0.15) is 0 Å². The number of nitrogens with zero attached hydrogens (tertiary/aromatic N) is 1. The fourth-order valence-corrected chi connectivity index (χ4v) is 1.22. The maximum atomic E-state index is 4.19. The molecule has 1 heteroatoms. The summed E-state index contributed by atoms with van der Waals surface area (Å²) >= 11 is 0. The highest BCUT2D eigenvalue weighted by Crippen LogP contribution is 2.32. The zero-order chi connectivity index (χ0) is 9.99. The predicted molar refractivity (Wildman–Crippen MR) is 56.9 cm³/mol. The fourth-order valence-electron chi connectivity index (χ4n) is 1.22. The Kier molecular flexibility index (Phi) is 3.49. The van der Waals surface area contributed by atoms with Gasteiger partial charge in [0.1, 0.15) is 0 Å².